The summed E-state index contributed by atoms with van der Waals surface area (Å²) in [6.45, 7) is 10.6. The molecule has 2 N–H and O–H groups in total. The third kappa shape index (κ3) is 4.58. The number of nitrogens with zero attached hydrogens (tertiary/aromatic N) is 1. The quantitative estimate of drug-likeness (QED) is 0.789. The Balaban J connectivity index is 2.50. The highest BCUT2D eigenvalue weighted by molar-refractivity contribution is 5.73. The van der Waals surface area contributed by atoms with Crippen LogP contribution in [0.2, 0.25) is 0 Å². The van der Waals surface area contributed by atoms with Crippen LogP contribution < -0.4 is 5.32 Å². The summed E-state index contributed by atoms with van der Waals surface area (Å²) in [7, 11) is 0. The van der Waals surface area contributed by atoms with Crippen molar-refractivity contribution in [2.24, 2.45) is 5.92 Å². The second-order valence-electron chi connectivity index (χ2n) is 5.98. The highest BCUT2D eigenvalue weighted by Crippen LogP contribution is 2.15. The van der Waals surface area contributed by atoms with Crippen LogP contribution in [0.3, 0.4) is 0 Å². The summed E-state index contributed by atoms with van der Waals surface area (Å²) in [5.74, 6) is -0.595. The number of carbonyl (C=O) groups is 1. The van der Waals surface area contributed by atoms with Crippen molar-refractivity contribution in [1.82, 2.24) is 10.2 Å². The van der Waals surface area contributed by atoms with E-state index in [0.29, 0.717) is 12.1 Å². The van der Waals surface area contributed by atoms with Gasteiger partial charge in [-0.15, -0.1) is 0 Å². The van der Waals surface area contributed by atoms with Gasteiger partial charge in [-0.2, -0.15) is 0 Å². The summed E-state index contributed by atoms with van der Waals surface area (Å²) in [5, 5.41) is 12.5. The van der Waals surface area contributed by atoms with Crippen molar-refractivity contribution in [3.8, 4) is 0 Å². The molecule has 2 atom stereocenters. The van der Waals surface area contributed by atoms with Gasteiger partial charge in [0.1, 0.15) is 6.04 Å². The minimum atomic E-state index is -0.727. The number of hydrogen-bond acceptors (Lipinski definition) is 3. The molecule has 0 saturated carbocycles. The summed E-state index contributed by atoms with van der Waals surface area (Å²) in [6, 6.07) is 0.516. The smallest absolute Gasteiger partial charge is 0.320 e. The van der Waals surface area contributed by atoms with E-state index in [-0.39, 0.29) is 5.92 Å². The van der Waals surface area contributed by atoms with E-state index in [4.69, 9.17) is 0 Å². The van der Waals surface area contributed by atoms with E-state index in [0.717, 1.165) is 32.4 Å². The Morgan fingerprint density at radius 3 is 2.39 bits per heavy atom. The molecule has 0 aliphatic carbocycles. The monoisotopic (exact) mass is 256 g/mol. The molecule has 0 aromatic heterocycles. The van der Waals surface area contributed by atoms with Crippen molar-refractivity contribution >= 4 is 5.97 Å². The Labute approximate surface area is 111 Å². The minimum Gasteiger partial charge on any atom is -0.480 e. The zero-order chi connectivity index (χ0) is 13.7. The first-order valence-electron chi connectivity index (χ1n) is 7.14. The van der Waals surface area contributed by atoms with Crippen LogP contribution in [0, 0.1) is 5.92 Å². The lowest BCUT2D eigenvalue weighted by Crippen LogP contribution is -2.46. The fraction of sp³-hybridized carbons (Fsp3) is 0.929. The molecular weight excluding hydrogens is 228 g/mol. The topological polar surface area (TPSA) is 52.6 Å². The number of carboxylic acids is 1. The van der Waals surface area contributed by atoms with Crippen LogP contribution >= 0.6 is 0 Å². The summed E-state index contributed by atoms with van der Waals surface area (Å²) in [6.07, 6.45) is 3.29. The third-order valence-electron chi connectivity index (χ3n) is 3.84. The van der Waals surface area contributed by atoms with E-state index in [1.54, 1.807) is 0 Å². The lowest BCUT2D eigenvalue weighted by molar-refractivity contribution is -0.140. The maximum absolute atomic E-state index is 11.2. The standard InChI is InChI=1S/C14H28N2O2/c1-10(2)13(14(17)18)15-12-6-5-8-16(9-7-12)11(3)4/h10-13,15H,5-9H2,1-4H3,(H,17,18). The van der Waals surface area contributed by atoms with Gasteiger partial charge in [0.2, 0.25) is 0 Å². The molecule has 1 rings (SSSR count). The van der Waals surface area contributed by atoms with Crippen molar-refractivity contribution < 1.29 is 9.90 Å². The molecule has 0 bridgehead atoms. The molecule has 2 unspecified atom stereocenters. The van der Waals surface area contributed by atoms with Crippen molar-refractivity contribution in [2.45, 2.75) is 65.1 Å². The van der Waals surface area contributed by atoms with Gasteiger partial charge in [-0.3, -0.25) is 4.79 Å². The molecule has 4 nitrogen and oxygen atoms in total. The molecule has 0 amide bonds. The molecule has 0 spiro atoms. The number of aliphatic carboxylic acids is 1. The first kappa shape index (κ1) is 15.4. The Kier molecular flexibility index (Phi) is 6.09. The van der Waals surface area contributed by atoms with Crippen LogP contribution in [0.4, 0.5) is 0 Å². The number of likely N-dealkylation sites (tertiary alicyclic amines) is 1. The van der Waals surface area contributed by atoms with Gasteiger partial charge in [0.05, 0.1) is 0 Å². The van der Waals surface area contributed by atoms with Crippen LogP contribution in [0.1, 0.15) is 47.0 Å². The highest BCUT2D eigenvalue weighted by Gasteiger charge is 2.26. The zero-order valence-corrected chi connectivity index (χ0v) is 12.1. The number of hydrogen-bond donors (Lipinski definition) is 2. The molecule has 0 aromatic rings. The van der Waals surface area contributed by atoms with Crippen LogP contribution in [-0.2, 0) is 4.79 Å². The van der Waals surface area contributed by atoms with Crippen molar-refractivity contribution in [1.29, 1.82) is 0 Å². The number of nitrogens with one attached hydrogen (secondary N) is 1. The molecule has 18 heavy (non-hydrogen) atoms. The highest BCUT2D eigenvalue weighted by atomic mass is 16.4. The third-order valence-corrected chi connectivity index (χ3v) is 3.84. The molecule has 1 aliphatic rings. The molecule has 1 heterocycles. The predicted octanol–water partition coefficient (Wildman–Crippen LogP) is 1.95. The molecule has 0 radical (unpaired) electrons. The summed E-state index contributed by atoms with van der Waals surface area (Å²) >= 11 is 0. The SMILES string of the molecule is CC(C)C(NC1CCCN(C(C)C)CC1)C(=O)O. The second-order valence-corrected chi connectivity index (χ2v) is 5.98. The van der Waals surface area contributed by atoms with Gasteiger partial charge in [-0.05, 0) is 52.1 Å². The first-order chi connectivity index (χ1) is 8.41. The average molecular weight is 256 g/mol. The maximum Gasteiger partial charge on any atom is 0.320 e. The largest absolute Gasteiger partial charge is 0.480 e. The maximum atomic E-state index is 11.2. The van der Waals surface area contributed by atoms with Crippen LogP contribution in [0.15, 0.2) is 0 Å². The lowest BCUT2D eigenvalue weighted by Gasteiger charge is -2.26. The van der Waals surface area contributed by atoms with E-state index in [1.807, 2.05) is 13.8 Å². The molecule has 1 saturated heterocycles. The number of rotatable bonds is 5. The van der Waals surface area contributed by atoms with Gasteiger partial charge in [0.25, 0.3) is 0 Å². The van der Waals surface area contributed by atoms with E-state index in [9.17, 15) is 9.90 Å². The molecule has 106 valence electrons. The molecule has 0 aromatic carbocycles. The fourth-order valence-electron chi connectivity index (χ4n) is 2.60. The lowest BCUT2D eigenvalue weighted by atomic mass is 10.0. The normalized spacial score (nSPS) is 24.2. The van der Waals surface area contributed by atoms with Gasteiger partial charge in [0, 0.05) is 12.1 Å². The Morgan fingerprint density at radius 2 is 1.89 bits per heavy atom. The van der Waals surface area contributed by atoms with Crippen molar-refractivity contribution in [2.75, 3.05) is 13.1 Å². The van der Waals surface area contributed by atoms with Gasteiger partial charge in [-0.25, -0.2) is 0 Å². The van der Waals surface area contributed by atoms with Gasteiger partial charge in [0.15, 0.2) is 0 Å². The minimum absolute atomic E-state index is 0.131. The number of carboxylic acid groups (broad SMARTS) is 1. The molecule has 4 heteroatoms. The van der Waals surface area contributed by atoms with Crippen molar-refractivity contribution in [3.63, 3.8) is 0 Å². The van der Waals surface area contributed by atoms with Crippen LogP contribution in [0.25, 0.3) is 0 Å². The van der Waals surface area contributed by atoms with Gasteiger partial charge >= 0.3 is 5.97 Å². The molecule has 1 aliphatic heterocycles. The van der Waals surface area contributed by atoms with E-state index in [2.05, 4.69) is 24.1 Å². The Bertz CT molecular complexity index is 267. The fourth-order valence-corrected chi connectivity index (χ4v) is 2.60. The predicted molar refractivity (Wildman–Crippen MR) is 73.7 cm³/mol. The zero-order valence-electron chi connectivity index (χ0n) is 12.1. The molecule has 1 fully saturated rings. The van der Waals surface area contributed by atoms with E-state index < -0.39 is 12.0 Å². The summed E-state index contributed by atoms with van der Waals surface area (Å²) in [5.41, 5.74) is 0. The van der Waals surface area contributed by atoms with Gasteiger partial charge in [-0.1, -0.05) is 13.8 Å². The van der Waals surface area contributed by atoms with E-state index in [1.165, 1.54) is 0 Å². The second kappa shape index (κ2) is 7.10. The summed E-state index contributed by atoms with van der Waals surface area (Å²) in [4.78, 5) is 13.7. The Morgan fingerprint density at radius 1 is 1.22 bits per heavy atom. The van der Waals surface area contributed by atoms with Gasteiger partial charge < -0.3 is 15.3 Å². The van der Waals surface area contributed by atoms with E-state index >= 15 is 0 Å². The van der Waals surface area contributed by atoms with Crippen LogP contribution in [0.5, 0.6) is 0 Å². The summed E-state index contributed by atoms with van der Waals surface area (Å²) < 4.78 is 0. The molecular formula is C14H28N2O2. The first-order valence-corrected chi connectivity index (χ1v) is 7.14. The average Bonchev–Trinajstić information content (AvgIpc) is 2.50. The Hall–Kier alpha value is -0.610. The van der Waals surface area contributed by atoms with Crippen LogP contribution in [-0.4, -0.2) is 47.2 Å². The van der Waals surface area contributed by atoms with Crippen molar-refractivity contribution in [3.05, 3.63) is 0 Å².